The van der Waals surface area contributed by atoms with Crippen LogP contribution in [0.3, 0.4) is 0 Å². The zero-order valence-electron chi connectivity index (χ0n) is 22.7. The van der Waals surface area contributed by atoms with Gasteiger partial charge in [0.1, 0.15) is 30.3 Å². The first kappa shape index (κ1) is 31.7. The Hall–Kier alpha value is -3.82. The van der Waals surface area contributed by atoms with Crippen LogP contribution in [0.15, 0.2) is 53.4 Å². The molecule has 0 saturated heterocycles. The van der Waals surface area contributed by atoms with Gasteiger partial charge in [-0.15, -0.1) is 0 Å². The van der Waals surface area contributed by atoms with E-state index in [9.17, 15) is 19.3 Å². The fourth-order valence-electron chi connectivity index (χ4n) is 4.13. The third kappa shape index (κ3) is 7.68. The van der Waals surface area contributed by atoms with Gasteiger partial charge in [0.05, 0.1) is 36.8 Å². The number of nitro groups is 1. The van der Waals surface area contributed by atoms with Crippen molar-refractivity contribution in [3.05, 3.63) is 80.9 Å². The van der Waals surface area contributed by atoms with Gasteiger partial charge >= 0.3 is 5.82 Å². The highest BCUT2D eigenvalue weighted by Gasteiger charge is 2.30. The number of carbonyl (C=O) groups is 1. The lowest BCUT2D eigenvalue weighted by atomic mass is 10.2. The van der Waals surface area contributed by atoms with Crippen LogP contribution in [-0.2, 0) is 24.8 Å². The number of rotatable bonds is 10. The smallest absolute Gasteiger partial charge is 0.391 e. The number of likely N-dealkylation sites (N-methyl/N-ethyl adjacent to an activating group) is 1. The van der Waals surface area contributed by atoms with E-state index in [2.05, 4.69) is 46.5 Å². The molecule has 0 aliphatic rings. The summed E-state index contributed by atoms with van der Waals surface area (Å²) in [7, 11) is 5.61. The highest BCUT2D eigenvalue weighted by Crippen LogP contribution is 2.27. The van der Waals surface area contributed by atoms with E-state index >= 15 is 0 Å². The molecule has 0 atom stereocenters. The van der Waals surface area contributed by atoms with E-state index < -0.39 is 16.6 Å². The fourth-order valence-corrected chi connectivity index (χ4v) is 4.37. The highest BCUT2D eigenvalue weighted by molar-refractivity contribution is 9.10. The average molecular weight is 693 g/mol. The Balaban J connectivity index is 0.00000462. The summed E-state index contributed by atoms with van der Waals surface area (Å²) in [6, 6.07) is 6.25. The van der Waals surface area contributed by atoms with Crippen LogP contribution in [0.2, 0.25) is 0 Å². The molecule has 4 rings (SSSR count). The Labute approximate surface area is 254 Å². The number of pyridine rings is 1. The van der Waals surface area contributed by atoms with E-state index in [0.717, 1.165) is 0 Å². The molecular weight excluding hydrogens is 665 g/mol. The molecule has 41 heavy (non-hydrogen) atoms. The summed E-state index contributed by atoms with van der Waals surface area (Å²) in [5, 5.41) is 17.9. The molecule has 15 heteroatoms. The van der Waals surface area contributed by atoms with Gasteiger partial charge < -0.3 is 46.8 Å². The van der Waals surface area contributed by atoms with Gasteiger partial charge in [0, 0.05) is 30.6 Å². The number of aromatic nitrogens is 5. The number of fused-ring (bicyclic) bond motifs is 1. The number of anilines is 3. The monoisotopic (exact) mass is 691 g/mol. The molecule has 12 nitrogen and oxygen atoms in total. The van der Waals surface area contributed by atoms with Crippen molar-refractivity contribution in [3.63, 3.8) is 0 Å². The summed E-state index contributed by atoms with van der Waals surface area (Å²) in [5.74, 6) is 0.400. The van der Waals surface area contributed by atoms with E-state index in [1.807, 2.05) is 21.0 Å². The molecule has 2 N–H and O–H groups in total. The molecular formula is C26H28Br2FN9O3. The van der Waals surface area contributed by atoms with Crippen molar-refractivity contribution in [2.24, 2.45) is 7.05 Å². The largest absolute Gasteiger partial charge is 1.00 e. The SMILES string of the molecule is CCc1nc([N+](=O)[O-])c(C[N+](C)(C)C/C=C/C(=O)Nc2cc3c(Nc4ccc(Br)c(F)c4)ncnc3cn2)n1C.[Br-]. The Morgan fingerprint density at radius 2 is 2.00 bits per heavy atom. The first-order chi connectivity index (χ1) is 19.0. The topological polar surface area (TPSA) is 141 Å². The van der Waals surface area contributed by atoms with Crippen molar-refractivity contribution in [2.45, 2.75) is 19.9 Å². The van der Waals surface area contributed by atoms with E-state index in [0.29, 0.717) is 62.4 Å². The molecule has 0 spiro atoms. The van der Waals surface area contributed by atoms with Gasteiger partial charge in [-0.25, -0.2) is 19.3 Å². The molecule has 1 amide bonds. The van der Waals surface area contributed by atoms with Gasteiger partial charge in [-0.1, -0.05) is 6.92 Å². The number of hydrogen-bond acceptors (Lipinski definition) is 8. The summed E-state index contributed by atoms with van der Waals surface area (Å²) in [6.07, 6.45) is 6.56. The highest BCUT2D eigenvalue weighted by atomic mass is 79.9. The normalized spacial score (nSPS) is 11.5. The van der Waals surface area contributed by atoms with Crippen LogP contribution in [0, 0.1) is 15.9 Å². The standard InChI is InChI=1S/C26H27BrFN9O3.BrH/c1-5-23-34-26(36(39)40)21(35(23)2)14-37(3,4)10-6-7-24(38)33-22-12-17-20(13-29-22)30-15-31-25(17)32-16-8-9-18(27)19(28)11-16;/h6-9,11-13,15H,5,10,14H2,1-4H3,(H-,29,30,31,32,33,38);1H/b7-6+;. The van der Waals surface area contributed by atoms with Crippen molar-refractivity contribution in [1.82, 2.24) is 24.5 Å². The average Bonchev–Trinajstić information content (AvgIpc) is 3.21. The molecule has 0 aliphatic heterocycles. The van der Waals surface area contributed by atoms with E-state index in [-0.39, 0.29) is 28.6 Å². The lowest BCUT2D eigenvalue weighted by molar-refractivity contribution is -0.898. The number of amides is 1. The van der Waals surface area contributed by atoms with Crippen LogP contribution in [0.25, 0.3) is 10.9 Å². The first-order valence-corrected chi connectivity index (χ1v) is 13.1. The van der Waals surface area contributed by atoms with E-state index in [1.54, 1.807) is 35.9 Å². The molecule has 0 unspecified atom stereocenters. The number of carbonyl (C=O) groups excluding carboxylic acids is 1. The van der Waals surface area contributed by atoms with Gasteiger partial charge in [0.2, 0.25) is 11.7 Å². The maximum absolute atomic E-state index is 14.0. The molecule has 3 aromatic heterocycles. The van der Waals surface area contributed by atoms with Crippen molar-refractivity contribution in [1.29, 1.82) is 0 Å². The van der Waals surface area contributed by atoms with Gasteiger partial charge in [0.15, 0.2) is 5.69 Å². The minimum absolute atomic E-state index is 0. The third-order valence-electron chi connectivity index (χ3n) is 6.18. The maximum Gasteiger partial charge on any atom is 0.391 e. The minimum Gasteiger partial charge on any atom is -1.00 e. The predicted molar refractivity (Wildman–Crippen MR) is 152 cm³/mol. The van der Waals surface area contributed by atoms with Gasteiger partial charge in [-0.3, -0.25) is 4.79 Å². The predicted octanol–water partition coefficient (Wildman–Crippen LogP) is 1.65. The number of nitrogens with one attached hydrogen (secondary N) is 2. The number of nitrogens with zero attached hydrogens (tertiary/aromatic N) is 7. The van der Waals surface area contributed by atoms with E-state index in [4.69, 9.17) is 0 Å². The van der Waals surface area contributed by atoms with Gasteiger partial charge in [0.25, 0.3) is 0 Å². The zero-order valence-corrected chi connectivity index (χ0v) is 25.9. The van der Waals surface area contributed by atoms with Crippen LogP contribution in [0.5, 0.6) is 0 Å². The van der Waals surface area contributed by atoms with E-state index in [1.165, 1.54) is 24.7 Å². The fraction of sp³-hybridized carbons (Fsp3) is 0.269. The molecule has 0 aliphatic carbocycles. The summed E-state index contributed by atoms with van der Waals surface area (Å²) in [5.41, 5.74) is 1.56. The van der Waals surface area contributed by atoms with Crippen LogP contribution in [0.1, 0.15) is 18.4 Å². The maximum atomic E-state index is 14.0. The quantitative estimate of drug-likeness (QED) is 0.111. The lowest BCUT2D eigenvalue weighted by Gasteiger charge is -2.28. The third-order valence-corrected chi connectivity index (χ3v) is 6.82. The van der Waals surface area contributed by atoms with Crippen LogP contribution in [0.4, 0.5) is 27.5 Å². The number of benzene rings is 1. The summed E-state index contributed by atoms with van der Waals surface area (Å²) < 4.78 is 16.4. The van der Waals surface area contributed by atoms with Crippen molar-refractivity contribution >= 4 is 55.9 Å². The number of halogens is 3. The zero-order chi connectivity index (χ0) is 29.0. The van der Waals surface area contributed by atoms with Crippen molar-refractivity contribution < 1.29 is 35.6 Å². The number of hydrogen-bond donors (Lipinski definition) is 2. The van der Waals surface area contributed by atoms with Gasteiger partial charge in [-0.2, -0.15) is 0 Å². The Morgan fingerprint density at radius 3 is 2.68 bits per heavy atom. The lowest BCUT2D eigenvalue weighted by Crippen LogP contribution is -3.00. The van der Waals surface area contributed by atoms with Crippen LogP contribution < -0.4 is 27.6 Å². The molecule has 216 valence electrons. The van der Waals surface area contributed by atoms with Crippen molar-refractivity contribution in [3.8, 4) is 0 Å². The molecule has 4 aromatic rings. The number of imidazole rings is 1. The summed E-state index contributed by atoms with van der Waals surface area (Å²) in [4.78, 5) is 40.6. The first-order valence-electron chi connectivity index (χ1n) is 12.3. The molecule has 1 aromatic carbocycles. The minimum atomic E-state index is -0.461. The second kappa shape index (κ2) is 13.2. The number of aryl methyl sites for hydroxylation is 1. The Kier molecular flexibility index (Phi) is 10.2. The second-order valence-electron chi connectivity index (χ2n) is 9.70. The Morgan fingerprint density at radius 1 is 1.24 bits per heavy atom. The van der Waals surface area contributed by atoms with Crippen LogP contribution >= 0.6 is 15.9 Å². The van der Waals surface area contributed by atoms with Gasteiger partial charge in [-0.05, 0) is 56.2 Å². The number of quaternary nitrogens is 1. The molecule has 0 fully saturated rings. The molecule has 0 bridgehead atoms. The molecule has 0 saturated carbocycles. The molecule has 0 radical (unpaired) electrons. The van der Waals surface area contributed by atoms with Crippen LogP contribution in [-0.4, -0.2) is 60.5 Å². The molecule has 3 heterocycles. The Bertz CT molecular complexity index is 1630. The summed E-state index contributed by atoms with van der Waals surface area (Å²) >= 11 is 3.13. The summed E-state index contributed by atoms with van der Waals surface area (Å²) in [6.45, 7) is 2.69. The van der Waals surface area contributed by atoms with Crippen molar-refractivity contribution in [2.75, 3.05) is 31.3 Å². The second-order valence-corrected chi connectivity index (χ2v) is 10.6.